The minimum absolute atomic E-state index is 0.519. The lowest BCUT2D eigenvalue weighted by molar-refractivity contribution is 0.395. The van der Waals surface area contributed by atoms with E-state index >= 15 is 0 Å². The molecule has 0 bridgehead atoms. The fourth-order valence-electron chi connectivity index (χ4n) is 1.55. The predicted octanol–water partition coefficient (Wildman–Crippen LogP) is 3.14. The number of hydrogen-bond acceptors (Lipinski definition) is 2. The van der Waals surface area contributed by atoms with Crippen molar-refractivity contribution in [2.24, 2.45) is 5.92 Å². The van der Waals surface area contributed by atoms with Crippen molar-refractivity contribution in [1.29, 1.82) is 0 Å². The fourth-order valence-corrected chi connectivity index (χ4v) is 1.55. The summed E-state index contributed by atoms with van der Waals surface area (Å²) in [6.45, 7) is 9.64. The Hall–Kier alpha value is -1.02. The molecule has 16 heavy (non-hydrogen) atoms. The first-order valence-corrected chi connectivity index (χ1v) is 5.91. The second kappa shape index (κ2) is 5.90. The quantitative estimate of drug-likeness (QED) is 0.824. The molecule has 0 spiro atoms. The van der Waals surface area contributed by atoms with Crippen LogP contribution in [0.3, 0.4) is 0 Å². The van der Waals surface area contributed by atoms with Gasteiger partial charge in [-0.15, -0.1) is 0 Å². The highest BCUT2D eigenvalue weighted by atomic mass is 16.5. The number of methoxy groups -OCH3 is 1. The van der Waals surface area contributed by atoms with E-state index in [1.807, 2.05) is 6.07 Å². The monoisotopic (exact) mass is 221 g/mol. The summed E-state index contributed by atoms with van der Waals surface area (Å²) in [6, 6.07) is 6.81. The zero-order valence-corrected chi connectivity index (χ0v) is 11.0. The number of rotatable bonds is 5. The van der Waals surface area contributed by atoms with Gasteiger partial charge < -0.3 is 10.1 Å². The van der Waals surface area contributed by atoms with Crippen LogP contribution >= 0.6 is 0 Å². The van der Waals surface area contributed by atoms with Crippen molar-refractivity contribution in [3.8, 4) is 5.75 Å². The fraction of sp³-hybridized carbons (Fsp3) is 0.571. The summed E-state index contributed by atoms with van der Waals surface area (Å²) in [6.07, 6.45) is 0. The molecule has 0 saturated carbocycles. The van der Waals surface area contributed by atoms with Crippen molar-refractivity contribution >= 4 is 0 Å². The summed E-state index contributed by atoms with van der Waals surface area (Å²) in [5.74, 6) is 1.62. The molecule has 1 aromatic rings. The highest BCUT2D eigenvalue weighted by Crippen LogP contribution is 2.19. The third kappa shape index (κ3) is 3.53. The standard InChI is InChI=1S/C14H23NO/c1-10(2)12(4)15-9-13-8-11(3)6-7-14(13)16-5/h6-8,10,12,15H,9H2,1-5H3. The molecular formula is C14H23NO. The van der Waals surface area contributed by atoms with Crippen LogP contribution in [0.4, 0.5) is 0 Å². The first kappa shape index (κ1) is 13.0. The lowest BCUT2D eigenvalue weighted by Gasteiger charge is -2.18. The normalized spacial score (nSPS) is 12.9. The van der Waals surface area contributed by atoms with Crippen LogP contribution in [0, 0.1) is 12.8 Å². The van der Waals surface area contributed by atoms with E-state index in [0.717, 1.165) is 12.3 Å². The maximum Gasteiger partial charge on any atom is 0.123 e. The molecule has 0 aliphatic heterocycles. The van der Waals surface area contributed by atoms with Crippen LogP contribution in [0.25, 0.3) is 0 Å². The predicted molar refractivity (Wildman–Crippen MR) is 68.9 cm³/mol. The first-order chi connectivity index (χ1) is 7.54. The van der Waals surface area contributed by atoms with Gasteiger partial charge in [0, 0.05) is 18.2 Å². The number of ether oxygens (including phenoxy) is 1. The molecule has 0 aliphatic carbocycles. The van der Waals surface area contributed by atoms with E-state index in [0.29, 0.717) is 12.0 Å². The SMILES string of the molecule is COc1ccc(C)cc1CNC(C)C(C)C. The van der Waals surface area contributed by atoms with E-state index in [1.54, 1.807) is 7.11 Å². The molecule has 1 aromatic carbocycles. The summed E-state index contributed by atoms with van der Waals surface area (Å²) >= 11 is 0. The van der Waals surface area contributed by atoms with Crippen LogP contribution in [-0.2, 0) is 6.54 Å². The lowest BCUT2D eigenvalue weighted by Crippen LogP contribution is -2.30. The summed E-state index contributed by atoms with van der Waals surface area (Å²) in [5.41, 5.74) is 2.50. The lowest BCUT2D eigenvalue weighted by atomic mass is 10.1. The Balaban J connectivity index is 2.68. The molecule has 0 amide bonds. The Kier molecular flexibility index (Phi) is 4.81. The maximum absolute atomic E-state index is 5.35. The largest absolute Gasteiger partial charge is 0.496 e. The topological polar surface area (TPSA) is 21.3 Å². The van der Waals surface area contributed by atoms with Gasteiger partial charge >= 0.3 is 0 Å². The van der Waals surface area contributed by atoms with E-state index in [9.17, 15) is 0 Å². The zero-order chi connectivity index (χ0) is 12.1. The Morgan fingerprint density at radius 3 is 2.50 bits per heavy atom. The molecular weight excluding hydrogens is 198 g/mol. The average molecular weight is 221 g/mol. The highest BCUT2D eigenvalue weighted by Gasteiger charge is 2.08. The van der Waals surface area contributed by atoms with Crippen LogP contribution in [0.1, 0.15) is 31.9 Å². The molecule has 0 fully saturated rings. The zero-order valence-electron chi connectivity index (χ0n) is 11.0. The van der Waals surface area contributed by atoms with Crippen molar-refractivity contribution < 1.29 is 4.74 Å². The first-order valence-electron chi connectivity index (χ1n) is 5.91. The van der Waals surface area contributed by atoms with E-state index in [2.05, 4.69) is 45.1 Å². The molecule has 1 N–H and O–H groups in total. The average Bonchev–Trinajstić information content (AvgIpc) is 2.25. The summed E-state index contributed by atoms with van der Waals surface area (Å²) in [5, 5.41) is 3.52. The molecule has 2 nitrogen and oxygen atoms in total. The Labute approximate surface area is 99.0 Å². The highest BCUT2D eigenvalue weighted by molar-refractivity contribution is 5.36. The second-order valence-electron chi connectivity index (χ2n) is 4.73. The summed E-state index contributed by atoms with van der Waals surface area (Å²) in [4.78, 5) is 0. The molecule has 90 valence electrons. The number of hydrogen-bond donors (Lipinski definition) is 1. The molecule has 1 unspecified atom stereocenters. The van der Waals surface area contributed by atoms with Crippen LogP contribution < -0.4 is 10.1 Å². The van der Waals surface area contributed by atoms with E-state index in [4.69, 9.17) is 4.74 Å². The second-order valence-corrected chi connectivity index (χ2v) is 4.73. The van der Waals surface area contributed by atoms with Crippen molar-refractivity contribution in [2.75, 3.05) is 7.11 Å². The number of benzene rings is 1. The van der Waals surface area contributed by atoms with Gasteiger partial charge in [0.1, 0.15) is 5.75 Å². The Bertz CT molecular complexity index is 334. The molecule has 0 saturated heterocycles. The van der Waals surface area contributed by atoms with Gasteiger partial charge in [0.15, 0.2) is 0 Å². The third-order valence-corrected chi connectivity index (χ3v) is 3.05. The molecule has 0 aliphatic rings. The van der Waals surface area contributed by atoms with E-state index in [1.165, 1.54) is 11.1 Å². The van der Waals surface area contributed by atoms with Crippen LogP contribution in [0.5, 0.6) is 5.75 Å². The van der Waals surface area contributed by atoms with E-state index < -0.39 is 0 Å². The molecule has 1 atom stereocenters. The van der Waals surface area contributed by atoms with Crippen molar-refractivity contribution in [1.82, 2.24) is 5.32 Å². The molecule has 0 radical (unpaired) electrons. The van der Waals surface area contributed by atoms with Crippen molar-refractivity contribution in [2.45, 2.75) is 40.3 Å². The number of aryl methyl sites for hydroxylation is 1. The summed E-state index contributed by atoms with van der Waals surface area (Å²) in [7, 11) is 1.72. The van der Waals surface area contributed by atoms with Gasteiger partial charge in [-0.1, -0.05) is 31.5 Å². The van der Waals surface area contributed by atoms with Crippen molar-refractivity contribution in [3.63, 3.8) is 0 Å². The summed E-state index contributed by atoms with van der Waals surface area (Å²) < 4.78 is 5.35. The molecule has 0 aromatic heterocycles. The minimum Gasteiger partial charge on any atom is -0.496 e. The third-order valence-electron chi connectivity index (χ3n) is 3.05. The van der Waals surface area contributed by atoms with Gasteiger partial charge in [-0.3, -0.25) is 0 Å². The van der Waals surface area contributed by atoms with Gasteiger partial charge in [-0.05, 0) is 25.8 Å². The van der Waals surface area contributed by atoms with Gasteiger partial charge in [0.2, 0.25) is 0 Å². The molecule has 0 heterocycles. The van der Waals surface area contributed by atoms with Crippen LogP contribution in [0.2, 0.25) is 0 Å². The molecule has 2 heteroatoms. The minimum atomic E-state index is 0.519. The van der Waals surface area contributed by atoms with Gasteiger partial charge in [-0.2, -0.15) is 0 Å². The Morgan fingerprint density at radius 2 is 1.94 bits per heavy atom. The smallest absolute Gasteiger partial charge is 0.123 e. The van der Waals surface area contributed by atoms with Crippen LogP contribution in [-0.4, -0.2) is 13.2 Å². The Morgan fingerprint density at radius 1 is 1.25 bits per heavy atom. The van der Waals surface area contributed by atoms with Gasteiger partial charge in [-0.25, -0.2) is 0 Å². The van der Waals surface area contributed by atoms with E-state index in [-0.39, 0.29) is 0 Å². The van der Waals surface area contributed by atoms with Gasteiger partial charge in [0.25, 0.3) is 0 Å². The van der Waals surface area contributed by atoms with Crippen molar-refractivity contribution in [3.05, 3.63) is 29.3 Å². The number of nitrogens with one attached hydrogen (secondary N) is 1. The maximum atomic E-state index is 5.35. The van der Waals surface area contributed by atoms with Crippen LogP contribution in [0.15, 0.2) is 18.2 Å². The van der Waals surface area contributed by atoms with Gasteiger partial charge in [0.05, 0.1) is 7.11 Å². The molecule has 1 rings (SSSR count).